The first-order chi connectivity index (χ1) is 8.65. The standard InChI is InChI=1S/C13H15N3O2/c1-16-9-11(8-14-16)15-12(13(17)18)7-10-5-3-2-4-6-10/h2-6,8-9,12,15H,7H2,1H3,(H,17,18). The van der Waals surface area contributed by atoms with Crippen LogP contribution in [0.5, 0.6) is 0 Å². The number of carboxylic acids is 1. The summed E-state index contributed by atoms with van der Waals surface area (Å²) in [7, 11) is 1.79. The number of carbonyl (C=O) groups is 1. The Balaban J connectivity index is 2.07. The summed E-state index contributed by atoms with van der Waals surface area (Å²) in [4.78, 5) is 11.2. The van der Waals surface area contributed by atoms with Gasteiger partial charge in [0.2, 0.25) is 0 Å². The largest absolute Gasteiger partial charge is 0.480 e. The average molecular weight is 245 g/mol. The molecule has 0 spiro atoms. The lowest BCUT2D eigenvalue weighted by Gasteiger charge is -2.14. The number of hydrogen-bond donors (Lipinski definition) is 2. The Labute approximate surface area is 105 Å². The Morgan fingerprint density at radius 1 is 1.44 bits per heavy atom. The van der Waals surface area contributed by atoms with Crippen LogP contribution in [0.4, 0.5) is 5.69 Å². The van der Waals surface area contributed by atoms with E-state index in [0.717, 1.165) is 5.56 Å². The lowest BCUT2D eigenvalue weighted by Crippen LogP contribution is -2.31. The number of nitrogens with zero attached hydrogens (tertiary/aromatic N) is 2. The van der Waals surface area contributed by atoms with Gasteiger partial charge in [-0.1, -0.05) is 30.3 Å². The molecular formula is C13H15N3O2. The maximum Gasteiger partial charge on any atom is 0.326 e. The highest BCUT2D eigenvalue weighted by atomic mass is 16.4. The van der Waals surface area contributed by atoms with Crippen LogP contribution in [0.3, 0.4) is 0 Å². The van der Waals surface area contributed by atoms with Crippen LogP contribution in [0.25, 0.3) is 0 Å². The lowest BCUT2D eigenvalue weighted by atomic mass is 10.1. The van der Waals surface area contributed by atoms with Gasteiger partial charge in [-0.2, -0.15) is 5.10 Å². The normalized spacial score (nSPS) is 12.1. The van der Waals surface area contributed by atoms with Crippen LogP contribution in [0, 0.1) is 0 Å². The Hall–Kier alpha value is -2.30. The van der Waals surface area contributed by atoms with E-state index in [1.165, 1.54) is 0 Å². The van der Waals surface area contributed by atoms with Gasteiger partial charge in [-0.05, 0) is 5.56 Å². The van der Waals surface area contributed by atoms with Crippen molar-refractivity contribution in [1.82, 2.24) is 9.78 Å². The fourth-order valence-corrected chi connectivity index (χ4v) is 1.75. The van der Waals surface area contributed by atoms with Crippen molar-refractivity contribution in [1.29, 1.82) is 0 Å². The minimum atomic E-state index is -0.872. The van der Waals surface area contributed by atoms with E-state index < -0.39 is 12.0 Å². The van der Waals surface area contributed by atoms with E-state index in [2.05, 4.69) is 10.4 Å². The van der Waals surface area contributed by atoms with Crippen molar-refractivity contribution in [2.24, 2.45) is 7.05 Å². The minimum absolute atomic E-state index is 0.436. The maximum absolute atomic E-state index is 11.2. The maximum atomic E-state index is 11.2. The number of hydrogen-bond acceptors (Lipinski definition) is 3. The molecule has 2 N–H and O–H groups in total. The van der Waals surface area contributed by atoms with Gasteiger partial charge in [0, 0.05) is 19.7 Å². The Morgan fingerprint density at radius 3 is 2.72 bits per heavy atom. The highest BCUT2D eigenvalue weighted by molar-refractivity contribution is 5.77. The molecule has 1 unspecified atom stereocenters. The van der Waals surface area contributed by atoms with Crippen LogP contribution >= 0.6 is 0 Å². The van der Waals surface area contributed by atoms with Crippen LogP contribution in [0.2, 0.25) is 0 Å². The second-order valence-electron chi connectivity index (χ2n) is 4.13. The molecule has 0 radical (unpaired) electrons. The highest BCUT2D eigenvalue weighted by Crippen LogP contribution is 2.10. The third-order valence-corrected chi connectivity index (χ3v) is 2.63. The number of anilines is 1. The predicted octanol–water partition coefficient (Wildman–Crippen LogP) is 1.53. The molecule has 94 valence electrons. The molecule has 2 rings (SSSR count). The van der Waals surface area contributed by atoms with Crippen LogP contribution in [-0.4, -0.2) is 26.9 Å². The summed E-state index contributed by atoms with van der Waals surface area (Å²) >= 11 is 0. The SMILES string of the molecule is Cn1cc(NC(Cc2ccccc2)C(=O)O)cn1. The summed E-state index contributed by atoms with van der Waals surface area (Å²) in [5.41, 5.74) is 1.70. The third-order valence-electron chi connectivity index (χ3n) is 2.63. The number of rotatable bonds is 5. The number of carboxylic acid groups (broad SMARTS) is 1. The lowest BCUT2D eigenvalue weighted by molar-refractivity contribution is -0.137. The van der Waals surface area contributed by atoms with Crippen LogP contribution in [0.15, 0.2) is 42.7 Å². The van der Waals surface area contributed by atoms with Crippen molar-refractivity contribution in [3.05, 3.63) is 48.3 Å². The summed E-state index contributed by atoms with van der Waals surface area (Å²) in [5, 5.41) is 16.2. The zero-order chi connectivity index (χ0) is 13.0. The van der Waals surface area contributed by atoms with Crippen molar-refractivity contribution < 1.29 is 9.90 Å². The molecule has 5 nitrogen and oxygen atoms in total. The fourth-order valence-electron chi connectivity index (χ4n) is 1.75. The molecule has 5 heteroatoms. The first-order valence-corrected chi connectivity index (χ1v) is 5.67. The highest BCUT2D eigenvalue weighted by Gasteiger charge is 2.18. The van der Waals surface area contributed by atoms with E-state index in [9.17, 15) is 9.90 Å². The average Bonchev–Trinajstić information content (AvgIpc) is 2.75. The number of aliphatic carboxylic acids is 1. The van der Waals surface area contributed by atoms with Crippen molar-refractivity contribution in [2.45, 2.75) is 12.5 Å². The molecule has 0 aliphatic heterocycles. The molecule has 2 aromatic rings. The van der Waals surface area contributed by atoms with E-state index >= 15 is 0 Å². The molecule has 0 amide bonds. The van der Waals surface area contributed by atoms with Gasteiger partial charge in [-0.15, -0.1) is 0 Å². The van der Waals surface area contributed by atoms with Crippen molar-refractivity contribution in [3.63, 3.8) is 0 Å². The molecule has 1 atom stereocenters. The second kappa shape index (κ2) is 5.35. The Bertz CT molecular complexity index is 522. The number of benzene rings is 1. The van der Waals surface area contributed by atoms with Crippen LogP contribution in [-0.2, 0) is 18.3 Å². The molecule has 0 aliphatic carbocycles. The Morgan fingerprint density at radius 2 is 2.17 bits per heavy atom. The molecule has 0 saturated heterocycles. The van der Waals surface area contributed by atoms with Gasteiger partial charge >= 0.3 is 5.97 Å². The molecule has 0 fully saturated rings. The van der Waals surface area contributed by atoms with E-state index in [1.807, 2.05) is 30.3 Å². The van der Waals surface area contributed by atoms with Crippen LogP contribution in [0.1, 0.15) is 5.56 Å². The molecule has 0 bridgehead atoms. The Kier molecular flexibility index (Phi) is 3.62. The molecule has 0 aliphatic rings. The number of aryl methyl sites for hydroxylation is 1. The quantitative estimate of drug-likeness (QED) is 0.838. The zero-order valence-corrected chi connectivity index (χ0v) is 10.1. The van der Waals surface area contributed by atoms with E-state index in [-0.39, 0.29) is 0 Å². The van der Waals surface area contributed by atoms with Gasteiger partial charge in [0.05, 0.1) is 11.9 Å². The topological polar surface area (TPSA) is 67.2 Å². The van der Waals surface area contributed by atoms with Crippen LogP contribution < -0.4 is 5.32 Å². The first kappa shape index (κ1) is 12.2. The van der Waals surface area contributed by atoms with Gasteiger partial charge in [-0.3, -0.25) is 4.68 Å². The van der Waals surface area contributed by atoms with Gasteiger partial charge in [0.1, 0.15) is 6.04 Å². The fraction of sp³-hybridized carbons (Fsp3) is 0.231. The monoisotopic (exact) mass is 245 g/mol. The van der Waals surface area contributed by atoms with Crippen molar-refractivity contribution >= 4 is 11.7 Å². The summed E-state index contributed by atoms with van der Waals surface area (Å²) < 4.78 is 1.63. The van der Waals surface area contributed by atoms with Crippen molar-refractivity contribution in [2.75, 3.05) is 5.32 Å². The first-order valence-electron chi connectivity index (χ1n) is 5.67. The predicted molar refractivity (Wildman–Crippen MR) is 68.4 cm³/mol. The van der Waals surface area contributed by atoms with Gasteiger partial charge in [0.25, 0.3) is 0 Å². The molecule has 18 heavy (non-hydrogen) atoms. The molecular weight excluding hydrogens is 230 g/mol. The summed E-state index contributed by atoms with van der Waals surface area (Å²) in [5.74, 6) is -0.872. The molecule has 0 saturated carbocycles. The minimum Gasteiger partial charge on any atom is -0.480 e. The van der Waals surface area contributed by atoms with Gasteiger partial charge in [-0.25, -0.2) is 4.79 Å². The van der Waals surface area contributed by atoms with Gasteiger partial charge in [0.15, 0.2) is 0 Å². The number of nitrogens with one attached hydrogen (secondary N) is 1. The van der Waals surface area contributed by atoms with E-state index in [0.29, 0.717) is 12.1 Å². The smallest absolute Gasteiger partial charge is 0.326 e. The summed E-state index contributed by atoms with van der Waals surface area (Å²) in [6.07, 6.45) is 3.80. The zero-order valence-electron chi connectivity index (χ0n) is 10.1. The third kappa shape index (κ3) is 3.10. The molecule has 1 aromatic heterocycles. The number of aromatic nitrogens is 2. The van der Waals surface area contributed by atoms with Gasteiger partial charge < -0.3 is 10.4 Å². The van der Waals surface area contributed by atoms with E-state index in [4.69, 9.17) is 0 Å². The second-order valence-corrected chi connectivity index (χ2v) is 4.13. The molecule has 1 heterocycles. The summed E-state index contributed by atoms with van der Waals surface area (Å²) in [6, 6.07) is 8.89. The molecule has 1 aromatic carbocycles. The summed E-state index contributed by atoms with van der Waals surface area (Å²) in [6.45, 7) is 0. The van der Waals surface area contributed by atoms with E-state index in [1.54, 1.807) is 24.1 Å². The van der Waals surface area contributed by atoms with Crippen molar-refractivity contribution in [3.8, 4) is 0 Å².